The smallest absolute Gasteiger partial charge is 0.128 e. The van der Waals surface area contributed by atoms with Gasteiger partial charge in [-0.15, -0.1) is 0 Å². The molecule has 0 aromatic heterocycles. The molecule has 0 atom stereocenters. The first kappa shape index (κ1) is 19.2. The summed E-state index contributed by atoms with van der Waals surface area (Å²) >= 11 is 0. The number of hydrogen-bond acceptors (Lipinski definition) is 4. The number of para-hydroxylation sites is 2. The van der Waals surface area contributed by atoms with Crippen LogP contribution in [0.25, 0.3) is 0 Å². The van der Waals surface area contributed by atoms with Gasteiger partial charge in [-0.3, -0.25) is 9.98 Å². The van der Waals surface area contributed by atoms with Crippen molar-refractivity contribution in [1.82, 2.24) is 0 Å². The van der Waals surface area contributed by atoms with Crippen molar-refractivity contribution in [3.05, 3.63) is 85.0 Å². The molecule has 4 heteroatoms. The van der Waals surface area contributed by atoms with E-state index in [0.29, 0.717) is 26.3 Å². The predicted molar refractivity (Wildman–Crippen MR) is 109 cm³/mol. The highest BCUT2D eigenvalue weighted by atomic mass is 16.5. The molecule has 0 unspecified atom stereocenters. The molecule has 0 aliphatic heterocycles. The summed E-state index contributed by atoms with van der Waals surface area (Å²) in [6.45, 7) is 9.47. The second-order valence-electron chi connectivity index (χ2n) is 5.35. The Balaban J connectivity index is 1.87. The van der Waals surface area contributed by atoms with Gasteiger partial charge in [-0.05, 0) is 24.3 Å². The minimum Gasteiger partial charge on any atom is -0.489 e. The van der Waals surface area contributed by atoms with E-state index in [2.05, 4.69) is 23.1 Å². The molecule has 0 saturated carbocycles. The van der Waals surface area contributed by atoms with Crippen LogP contribution in [0.4, 0.5) is 0 Å². The van der Waals surface area contributed by atoms with E-state index in [0.717, 1.165) is 22.6 Å². The molecule has 2 aromatic carbocycles. The van der Waals surface area contributed by atoms with Crippen molar-refractivity contribution in [2.45, 2.75) is 0 Å². The molecule has 0 N–H and O–H groups in total. The van der Waals surface area contributed by atoms with Gasteiger partial charge in [0.1, 0.15) is 24.7 Å². The summed E-state index contributed by atoms with van der Waals surface area (Å²) in [5.74, 6) is 1.60. The third-order valence-corrected chi connectivity index (χ3v) is 3.37. The van der Waals surface area contributed by atoms with E-state index in [9.17, 15) is 0 Å². The van der Waals surface area contributed by atoms with Crippen LogP contribution >= 0.6 is 0 Å². The quantitative estimate of drug-likeness (QED) is 0.344. The first-order valence-electron chi connectivity index (χ1n) is 8.50. The van der Waals surface area contributed by atoms with Gasteiger partial charge in [-0.2, -0.15) is 0 Å². The summed E-state index contributed by atoms with van der Waals surface area (Å²) in [6, 6.07) is 15.6. The monoisotopic (exact) mass is 348 g/mol. The molecule has 0 fully saturated rings. The van der Waals surface area contributed by atoms with Crippen LogP contribution in [0.15, 0.2) is 83.8 Å². The second kappa shape index (κ2) is 11.4. The normalized spacial score (nSPS) is 10.9. The lowest BCUT2D eigenvalue weighted by atomic mass is 10.2. The van der Waals surface area contributed by atoms with E-state index in [4.69, 9.17) is 9.47 Å². The van der Waals surface area contributed by atoms with Gasteiger partial charge in [0.25, 0.3) is 0 Å². The van der Waals surface area contributed by atoms with Crippen LogP contribution in [0.2, 0.25) is 0 Å². The average molecular weight is 348 g/mol. The molecule has 0 heterocycles. The molecule has 26 heavy (non-hydrogen) atoms. The zero-order valence-corrected chi connectivity index (χ0v) is 14.9. The van der Waals surface area contributed by atoms with E-state index >= 15 is 0 Å². The number of rotatable bonds is 11. The fourth-order valence-electron chi connectivity index (χ4n) is 2.18. The summed E-state index contributed by atoms with van der Waals surface area (Å²) in [4.78, 5) is 8.85. The number of nitrogens with zero attached hydrogens (tertiary/aromatic N) is 2. The largest absolute Gasteiger partial charge is 0.489 e. The van der Waals surface area contributed by atoms with Gasteiger partial charge in [0, 0.05) is 23.6 Å². The van der Waals surface area contributed by atoms with Gasteiger partial charge in [-0.1, -0.05) is 49.6 Å². The molecule has 2 rings (SSSR count). The minimum absolute atomic E-state index is 0.475. The molecular weight excluding hydrogens is 324 g/mol. The Morgan fingerprint density at radius 1 is 0.692 bits per heavy atom. The first-order chi connectivity index (χ1) is 12.8. The predicted octanol–water partition coefficient (Wildman–Crippen LogP) is 4.35. The average Bonchev–Trinajstić information content (AvgIpc) is 2.69. The van der Waals surface area contributed by atoms with Gasteiger partial charge in [0.05, 0.1) is 13.1 Å². The number of benzene rings is 2. The van der Waals surface area contributed by atoms with Crippen molar-refractivity contribution in [2.75, 3.05) is 26.3 Å². The molecule has 0 spiro atoms. The van der Waals surface area contributed by atoms with Crippen molar-refractivity contribution in [3.63, 3.8) is 0 Å². The molecule has 2 aromatic rings. The fraction of sp³-hybridized carbons (Fsp3) is 0.182. The van der Waals surface area contributed by atoms with Gasteiger partial charge in [-0.25, -0.2) is 0 Å². The third kappa shape index (κ3) is 6.40. The van der Waals surface area contributed by atoms with Crippen molar-refractivity contribution < 1.29 is 9.47 Å². The van der Waals surface area contributed by atoms with Crippen LogP contribution in [0.3, 0.4) is 0 Å². The van der Waals surface area contributed by atoms with Crippen LogP contribution in [0.1, 0.15) is 11.1 Å². The zero-order chi connectivity index (χ0) is 18.5. The highest BCUT2D eigenvalue weighted by Gasteiger charge is 1.99. The highest BCUT2D eigenvalue weighted by molar-refractivity contribution is 5.84. The summed E-state index contributed by atoms with van der Waals surface area (Å²) in [5.41, 5.74) is 1.89. The molecule has 0 radical (unpaired) electrons. The number of aliphatic imine (C=N–C) groups is 2. The summed E-state index contributed by atoms with van der Waals surface area (Å²) < 4.78 is 11.2. The summed E-state index contributed by atoms with van der Waals surface area (Å²) in [7, 11) is 0. The Labute approximate surface area is 155 Å². The molecule has 0 aliphatic rings. The van der Waals surface area contributed by atoms with Gasteiger partial charge < -0.3 is 9.47 Å². The van der Waals surface area contributed by atoms with E-state index in [1.807, 2.05) is 61.0 Å². The van der Waals surface area contributed by atoms with Crippen LogP contribution in [-0.2, 0) is 0 Å². The lowest BCUT2D eigenvalue weighted by Crippen LogP contribution is -1.98. The van der Waals surface area contributed by atoms with E-state index < -0.39 is 0 Å². The molecular formula is C22H24N2O2. The topological polar surface area (TPSA) is 43.2 Å². The van der Waals surface area contributed by atoms with Crippen LogP contribution in [0, 0.1) is 0 Å². The lowest BCUT2D eigenvalue weighted by Gasteiger charge is -2.06. The second-order valence-corrected chi connectivity index (χ2v) is 5.35. The Kier molecular flexibility index (Phi) is 8.43. The molecule has 0 aliphatic carbocycles. The summed E-state index contributed by atoms with van der Waals surface area (Å²) in [5, 5.41) is 0. The Morgan fingerprint density at radius 3 is 1.54 bits per heavy atom. The highest BCUT2D eigenvalue weighted by Crippen LogP contribution is 2.16. The van der Waals surface area contributed by atoms with Crippen molar-refractivity contribution in [3.8, 4) is 11.5 Å². The maximum atomic E-state index is 5.61. The molecule has 0 saturated heterocycles. The van der Waals surface area contributed by atoms with Gasteiger partial charge in [0.15, 0.2) is 0 Å². The zero-order valence-electron chi connectivity index (χ0n) is 14.9. The van der Waals surface area contributed by atoms with Gasteiger partial charge >= 0.3 is 0 Å². The van der Waals surface area contributed by atoms with E-state index in [1.165, 1.54) is 0 Å². The number of ether oxygens (including phenoxy) is 2. The van der Waals surface area contributed by atoms with Crippen LogP contribution < -0.4 is 9.47 Å². The Morgan fingerprint density at radius 2 is 1.12 bits per heavy atom. The molecule has 0 bridgehead atoms. The van der Waals surface area contributed by atoms with E-state index in [1.54, 1.807) is 12.2 Å². The first-order valence-corrected chi connectivity index (χ1v) is 8.50. The summed E-state index contributed by atoms with van der Waals surface area (Å²) in [6.07, 6.45) is 7.07. The van der Waals surface area contributed by atoms with Crippen molar-refractivity contribution in [1.29, 1.82) is 0 Å². The van der Waals surface area contributed by atoms with Crippen molar-refractivity contribution in [2.24, 2.45) is 9.98 Å². The maximum absolute atomic E-state index is 5.61. The molecule has 134 valence electrons. The van der Waals surface area contributed by atoms with Crippen LogP contribution in [0.5, 0.6) is 11.5 Å². The third-order valence-electron chi connectivity index (χ3n) is 3.37. The molecule has 4 nitrogen and oxygen atoms in total. The van der Waals surface area contributed by atoms with Crippen LogP contribution in [-0.4, -0.2) is 38.7 Å². The SMILES string of the molecule is C=CCOc1ccccc1C=NCCN=Cc1ccccc1OCC=C. The standard InChI is InChI=1S/C22H24N2O2/c1-3-15-25-21-11-7-5-9-19(21)17-23-13-14-24-18-20-10-6-8-12-22(20)26-16-4-2/h3-12,17-18H,1-2,13-16H2. The maximum Gasteiger partial charge on any atom is 0.128 e. The fourth-order valence-corrected chi connectivity index (χ4v) is 2.18. The van der Waals surface area contributed by atoms with Gasteiger partial charge in [0.2, 0.25) is 0 Å². The minimum atomic E-state index is 0.475. The van der Waals surface area contributed by atoms with E-state index in [-0.39, 0.29) is 0 Å². The Bertz CT molecular complexity index is 701. The Hall–Kier alpha value is -3.14. The number of hydrogen-bond donors (Lipinski definition) is 0. The lowest BCUT2D eigenvalue weighted by molar-refractivity contribution is 0.362. The molecule has 0 amide bonds. The van der Waals surface area contributed by atoms with Crippen molar-refractivity contribution >= 4 is 12.4 Å².